The zero-order chi connectivity index (χ0) is 11.4. The second-order valence-corrected chi connectivity index (χ2v) is 4.58. The van der Waals surface area contributed by atoms with Crippen LogP contribution >= 0.6 is 0 Å². The van der Waals surface area contributed by atoms with Crippen LogP contribution in [0.1, 0.15) is 13.3 Å². The number of rotatable bonds is 2. The maximum atomic E-state index is 11.2. The quantitative estimate of drug-likeness (QED) is 0.571. The molecule has 0 spiro atoms. The number of carbonyl (C=O) groups excluding carboxylic acids is 1. The van der Waals surface area contributed by atoms with Crippen LogP contribution in [0.3, 0.4) is 0 Å². The minimum atomic E-state index is 0.0562. The lowest BCUT2D eigenvalue weighted by Gasteiger charge is -2.39. The summed E-state index contributed by atoms with van der Waals surface area (Å²) in [6.07, 6.45) is 1.21. The SMILES string of the molecule is CC(=O)NC1CCNCC1C1CNCCO1. The highest BCUT2D eigenvalue weighted by atomic mass is 16.5. The van der Waals surface area contributed by atoms with Crippen molar-refractivity contribution in [1.82, 2.24) is 16.0 Å². The Morgan fingerprint density at radius 3 is 2.81 bits per heavy atom. The van der Waals surface area contributed by atoms with Gasteiger partial charge in [-0.2, -0.15) is 0 Å². The topological polar surface area (TPSA) is 62.4 Å². The van der Waals surface area contributed by atoms with E-state index in [0.29, 0.717) is 5.92 Å². The first kappa shape index (κ1) is 11.8. The van der Waals surface area contributed by atoms with E-state index >= 15 is 0 Å². The fraction of sp³-hybridized carbons (Fsp3) is 0.909. The van der Waals surface area contributed by atoms with Gasteiger partial charge in [-0.3, -0.25) is 4.79 Å². The molecule has 3 N–H and O–H groups in total. The molecule has 2 fully saturated rings. The van der Waals surface area contributed by atoms with Gasteiger partial charge < -0.3 is 20.7 Å². The predicted octanol–water partition coefficient (Wildman–Crippen LogP) is -0.911. The Morgan fingerprint density at radius 2 is 2.12 bits per heavy atom. The van der Waals surface area contributed by atoms with Gasteiger partial charge in [-0.25, -0.2) is 0 Å². The summed E-state index contributed by atoms with van der Waals surface area (Å²) in [6, 6.07) is 0.253. The Labute approximate surface area is 96.3 Å². The van der Waals surface area contributed by atoms with Crippen molar-refractivity contribution in [3.63, 3.8) is 0 Å². The molecule has 0 aromatic rings. The van der Waals surface area contributed by atoms with E-state index in [4.69, 9.17) is 4.74 Å². The molecule has 0 aromatic carbocycles. The average Bonchev–Trinajstić information content (AvgIpc) is 2.30. The van der Waals surface area contributed by atoms with Gasteiger partial charge in [0, 0.05) is 38.5 Å². The Bertz CT molecular complexity index is 241. The molecule has 92 valence electrons. The molecule has 0 saturated carbocycles. The lowest BCUT2D eigenvalue weighted by Crippen LogP contribution is -2.57. The second kappa shape index (κ2) is 5.61. The number of nitrogens with one attached hydrogen (secondary N) is 3. The van der Waals surface area contributed by atoms with Crippen molar-refractivity contribution in [2.75, 3.05) is 32.8 Å². The molecule has 2 aliphatic rings. The summed E-state index contributed by atoms with van der Waals surface area (Å²) < 4.78 is 5.78. The Hall–Kier alpha value is -0.650. The first-order valence-electron chi connectivity index (χ1n) is 6.07. The third-order valence-corrected chi connectivity index (χ3v) is 3.35. The Balaban J connectivity index is 1.94. The van der Waals surface area contributed by atoms with Crippen LogP contribution in [0.25, 0.3) is 0 Å². The average molecular weight is 227 g/mol. The van der Waals surface area contributed by atoms with E-state index in [-0.39, 0.29) is 18.1 Å². The molecule has 2 saturated heterocycles. The van der Waals surface area contributed by atoms with Crippen LogP contribution in [0.4, 0.5) is 0 Å². The van der Waals surface area contributed by atoms with Crippen LogP contribution < -0.4 is 16.0 Å². The maximum absolute atomic E-state index is 11.2. The number of amides is 1. The largest absolute Gasteiger partial charge is 0.375 e. The van der Waals surface area contributed by atoms with E-state index in [0.717, 1.165) is 39.2 Å². The van der Waals surface area contributed by atoms with Gasteiger partial charge in [-0.05, 0) is 13.0 Å². The number of carbonyl (C=O) groups is 1. The molecule has 0 aromatic heterocycles. The van der Waals surface area contributed by atoms with Crippen molar-refractivity contribution < 1.29 is 9.53 Å². The van der Waals surface area contributed by atoms with Crippen LogP contribution in [0.5, 0.6) is 0 Å². The van der Waals surface area contributed by atoms with Gasteiger partial charge in [-0.1, -0.05) is 0 Å². The van der Waals surface area contributed by atoms with Crippen molar-refractivity contribution in [3.8, 4) is 0 Å². The van der Waals surface area contributed by atoms with Crippen LogP contribution in [-0.4, -0.2) is 50.8 Å². The summed E-state index contributed by atoms with van der Waals surface area (Å²) in [5.74, 6) is 0.436. The van der Waals surface area contributed by atoms with E-state index in [1.807, 2.05) is 0 Å². The van der Waals surface area contributed by atoms with Crippen LogP contribution in [-0.2, 0) is 9.53 Å². The Kier molecular flexibility index (Phi) is 4.15. The maximum Gasteiger partial charge on any atom is 0.217 e. The molecule has 0 radical (unpaired) electrons. The third kappa shape index (κ3) is 2.93. The molecule has 5 nitrogen and oxygen atoms in total. The monoisotopic (exact) mass is 227 g/mol. The molecule has 2 aliphatic heterocycles. The van der Waals surface area contributed by atoms with Crippen LogP contribution in [0.2, 0.25) is 0 Å². The van der Waals surface area contributed by atoms with Crippen LogP contribution in [0.15, 0.2) is 0 Å². The van der Waals surface area contributed by atoms with Crippen molar-refractivity contribution in [1.29, 1.82) is 0 Å². The third-order valence-electron chi connectivity index (χ3n) is 3.35. The normalized spacial score (nSPS) is 35.7. The fourth-order valence-electron chi connectivity index (χ4n) is 2.57. The number of morpholine rings is 1. The van der Waals surface area contributed by atoms with Gasteiger partial charge in [-0.15, -0.1) is 0 Å². The summed E-state index contributed by atoms with van der Waals surface area (Å²) in [5.41, 5.74) is 0. The zero-order valence-corrected chi connectivity index (χ0v) is 9.79. The smallest absolute Gasteiger partial charge is 0.217 e. The number of piperidine rings is 1. The van der Waals surface area contributed by atoms with E-state index in [1.54, 1.807) is 6.92 Å². The fourth-order valence-corrected chi connectivity index (χ4v) is 2.57. The van der Waals surface area contributed by atoms with Crippen molar-refractivity contribution in [2.24, 2.45) is 5.92 Å². The van der Waals surface area contributed by atoms with Gasteiger partial charge in [0.05, 0.1) is 12.7 Å². The minimum absolute atomic E-state index is 0.0562. The van der Waals surface area contributed by atoms with Crippen molar-refractivity contribution in [2.45, 2.75) is 25.5 Å². The minimum Gasteiger partial charge on any atom is -0.375 e. The first-order chi connectivity index (χ1) is 7.77. The highest BCUT2D eigenvalue weighted by molar-refractivity contribution is 5.73. The van der Waals surface area contributed by atoms with Crippen LogP contribution in [0, 0.1) is 5.92 Å². The summed E-state index contributed by atoms with van der Waals surface area (Å²) in [4.78, 5) is 11.2. The lowest BCUT2D eigenvalue weighted by molar-refractivity contribution is -0.121. The summed E-state index contributed by atoms with van der Waals surface area (Å²) in [6.45, 7) is 6.08. The standard InChI is InChI=1S/C11H21N3O2/c1-8(15)14-10-2-3-12-6-9(10)11-7-13-4-5-16-11/h9-13H,2-7H2,1H3,(H,14,15). The number of hydrogen-bond acceptors (Lipinski definition) is 4. The van der Waals surface area contributed by atoms with E-state index in [9.17, 15) is 4.79 Å². The summed E-state index contributed by atoms with van der Waals surface area (Å²) in [7, 11) is 0. The van der Waals surface area contributed by atoms with E-state index in [2.05, 4.69) is 16.0 Å². The summed E-state index contributed by atoms with van der Waals surface area (Å²) >= 11 is 0. The van der Waals surface area contributed by atoms with Gasteiger partial charge >= 0.3 is 0 Å². The first-order valence-corrected chi connectivity index (χ1v) is 6.07. The highest BCUT2D eigenvalue weighted by Crippen LogP contribution is 2.19. The number of ether oxygens (including phenoxy) is 1. The molecule has 0 bridgehead atoms. The molecule has 5 heteroatoms. The molecule has 2 rings (SSSR count). The predicted molar refractivity (Wildman–Crippen MR) is 61.2 cm³/mol. The molecule has 1 amide bonds. The molecule has 3 atom stereocenters. The van der Waals surface area contributed by atoms with E-state index < -0.39 is 0 Å². The molecule has 2 heterocycles. The Morgan fingerprint density at radius 1 is 1.31 bits per heavy atom. The van der Waals surface area contributed by atoms with Gasteiger partial charge in [0.15, 0.2) is 0 Å². The summed E-state index contributed by atoms with van der Waals surface area (Å²) in [5, 5.41) is 9.76. The van der Waals surface area contributed by atoms with E-state index in [1.165, 1.54) is 0 Å². The lowest BCUT2D eigenvalue weighted by atomic mass is 9.87. The van der Waals surface area contributed by atoms with Gasteiger partial charge in [0.1, 0.15) is 0 Å². The molecular weight excluding hydrogens is 206 g/mol. The highest BCUT2D eigenvalue weighted by Gasteiger charge is 2.33. The molecule has 0 aliphatic carbocycles. The van der Waals surface area contributed by atoms with Crippen molar-refractivity contribution in [3.05, 3.63) is 0 Å². The zero-order valence-electron chi connectivity index (χ0n) is 9.79. The molecule has 3 unspecified atom stereocenters. The van der Waals surface area contributed by atoms with Crippen molar-refractivity contribution >= 4 is 5.91 Å². The molecule has 16 heavy (non-hydrogen) atoms. The molecular formula is C11H21N3O2. The second-order valence-electron chi connectivity index (χ2n) is 4.58. The van der Waals surface area contributed by atoms with Gasteiger partial charge in [0.2, 0.25) is 5.91 Å². The number of hydrogen-bond donors (Lipinski definition) is 3. The van der Waals surface area contributed by atoms with Gasteiger partial charge in [0.25, 0.3) is 0 Å².